The molecule has 4 atom stereocenters. The molecule has 0 saturated heterocycles. The smallest absolute Gasteiger partial charge is 0.307 e. The van der Waals surface area contributed by atoms with Gasteiger partial charge >= 0.3 is 5.97 Å². The van der Waals surface area contributed by atoms with Crippen molar-refractivity contribution < 1.29 is 9.90 Å². The molecule has 64 valence electrons. The molecular weight excluding hydrogens is 278 g/mol. The lowest BCUT2D eigenvalue weighted by Crippen LogP contribution is -2.34. The van der Waals surface area contributed by atoms with E-state index in [1.54, 1.807) is 0 Å². The Morgan fingerprint density at radius 1 is 1.55 bits per heavy atom. The van der Waals surface area contributed by atoms with Crippen LogP contribution in [-0.2, 0) is 4.79 Å². The summed E-state index contributed by atoms with van der Waals surface area (Å²) in [5.74, 6) is -1.13. The van der Waals surface area contributed by atoms with Crippen molar-refractivity contribution in [3.05, 3.63) is 0 Å². The maximum absolute atomic E-state index is 10.6. The predicted octanol–water partition coefficient (Wildman–Crippen LogP) is 0.945. The van der Waals surface area contributed by atoms with Gasteiger partial charge in [-0.05, 0) is 6.42 Å². The first-order valence-electron chi connectivity index (χ1n) is 3.30. The van der Waals surface area contributed by atoms with E-state index in [1.165, 1.54) is 0 Å². The van der Waals surface area contributed by atoms with E-state index in [-0.39, 0.29) is 21.6 Å². The van der Waals surface area contributed by atoms with Crippen molar-refractivity contribution in [1.29, 1.82) is 0 Å². The SMILES string of the molecule is NC1C(Br)CC(C(=O)O)C1Br. The van der Waals surface area contributed by atoms with Gasteiger partial charge in [0.05, 0.1) is 5.92 Å². The van der Waals surface area contributed by atoms with Crippen LogP contribution in [0.3, 0.4) is 0 Å². The largest absolute Gasteiger partial charge is 0.481 e. The zero-order valence-corrected chi connectivity index (χ0v) is 8.88. The lowest BCUT2D eigenvalue weighted by molar-refractivity contribution is -0.141. The second-order valence-corrected chi connectivity index (χ2v) is 4.95. The Morgan fingerprint density at radius 2 is 2.09 bits per heavy atom. The highest BCUT2D eigenvalue weighted by Crippen LogP contribution is 2.35. The molecule has 3 N–H and O–H groups in total. The first kappa shape index (κ1) is 9.48. The predicted molar refractivity (Wildman–Crippen MR) is 49.1 cm³/mol. The highest BCUT2D eigenvalue weighted by Gasteiger charge is 2.42. The third-order valence-electron chi connectivity index (χ3n) is 1.97. The zero-order valence-electron chi connectivity index (χ0n) is 5.71. The van der Waals surface area contributed by atoms with E-state index >= 15 is 0 Å². The van der Waals surface area contributed by atoms with E-state index in [1.807, 2.05) is 0 Å². The van der Waals surface area contributed by atoms with Crippen LogP contribution in [0.2, 0.25) is 0 Å². The molecule has 4 unspecified atom stereocenters. The minimum absolute atomic E-state index is 0.101. The molecule has 1 rings (SSSR count). The summed E-state index contributed by atoms with van der Waals surface area (Å²) in [6.45, 7) is 0. The molecule has 0 aromatic carbocycles. The first-order valence-corrected chi connectivity index (χ1v) is 5.13. The summed E-state index contributed by atoms with van der Waals surface area (Å²) in [6, 6.07) is -0.101. The monoisotopic (exact) mass is 285 g/mol. The van der Waals surface area contributed by atoms with Gasteiger partial charge in [0.1, 0.15) is 0 Å². The number of carboxylic acid groups (broad SMARTS) is 1. The molecule has 1 fully saturated rings. The Kier molecular flexibility index (Phi) is 2.94. The molecule has 3 nitrogen and oxygen atoms in total. The van der Waals surface area contributed by atoms with E-state index in [4.69, 9.17) is 10.8 Å². The lowest BCUT2D eigenvalue weighted by atomic mass is 10.1. The molecule has 0 aromatic rings. The topological polar surface area (TPSA) is 63.3 Å². The summed E-state index contributed by atoms with van der Waals surface area (Å²) in [4.78, 5) is 10.6. The number of aliphatic carboxylic acids is 1. The van der Waals surface area contributed by atoms with Crippen molar-refractivity contribution >= 4 is 37.8 Å². The molecule has 1 saturated carbocycles. The maximum Gasteiger partial charge on any atom is 0.307 e. The van der Waals surface area contributed by atoms with Crippen LogP contribution in [0.4, 0.5) is 0 Å². The van der Waals surface area contributed by atoms with Crippen molar-refractivity contribution in [2.24, 2.45) is 11.7 Å². The molecule has 0 spiro atoms. The molecular formula is C6H9Br2NO2. The Bertz CT molecular complexity index is 176. The van der Waals surface area contributed by atoms with Crippen LogP contribution in [0.5, 0.6) is 0 Å². The summed E-state index contributed by atoms with van der Waals surface area (Å²) in [5.41, 5.74) is 5.69. The Balaban J connectivity index is 2.67. The van der Waals surface area contributed by atoms with Crippen LogP contribution in [0.25, 0.3) is 0 Å². The molecule has 1 aliphatic carbocycles. The van der Waals surface area contributed by atoms with Crippen LogP contribution < -0.4 is 5.73 Å². The Morgan fingerprint density at radius 3 is 2.27 bits per heavy atom. The average Bonchev–Trinajstić information content (AvgIpc) is 2.17. The van der Waals surface area contributed by atoms with Gasteiger partial charge in [-0.1, -0.05) is 31.9 Å². The van der Waals surface area contributed by atoms with Crippen LogP contribution in [0.15, 0.2) is 0 Å². The summed E-state index contributed by atoms with van der Waals surface area (Å²) in [7, 11) is 0. The van der Waals surface area contributed by atoms with Gasteiger partial charge in [0, 0.05) is 15.7 Å². The fourth-order valence-electron chi connectivity index (χ4n) is 1.23. The number of hydrogen-bond donors (Lipinski definition) is 2. The van der Waals surface area contributed by atoms with E-state index in [0.29, 0.717) is 6.42 Å². The molecule has 1 aliphatic rings. The van der Waals surface area contributed by atoms with Crippen LogP contribution in [-0.4, -0.2) is 26.8 Å². The van der Waals surface area contributed by atoms with E-state index < -0.39 is 5.97 Å². The highest BCUT2D eigenvalue weighted by molar-refractivity contribution is 9.10. The van der Waals surface area contributed by atoms with Gasteiger partial charge in [0.15, 0.2) is 0 Å². The van der Waals surface area contributed by atoms with Crippen molar-refractivity contribution in [1.82, 2.24) is 0 Å². The van der Waals surface area contributed by atoms with Crippen LogP contribution in [0.1, 0.15) is 6.42 Å². The van der Waals surface area contributed by atoms with Gasteiger partial charge in [-0.25, -0.2) is 0 Å². The molecule has 0 aromatic heterocycles. The second kappa shape index (κ2) is 3.41. The van der Waals surface area contributed by atoms with Crippen molar-refractivity contribution in [3.8, 4) is 0 Å². The van der Waals surface area contributed by atoms with Gasteiger partial charge in [-0.15, -0.1) is 0 Å². The summed E-state index contributed by atoms with van der Waals surface area (Å²) in [5, 5.41) is 8.71. The zero-order chi connectivity index (χ0) is 8.59. The Labute approximate surface area is 81.6 Å². The van der Waals surface area contributed by atoms with Gasteiger partial charge in [-0.2, -0.15) is 0 Å². The maximum atomic E-state index is 10.6. The highest BCUT2D eigenvalue weighted by atomic mass is 79.9. The van der Waals surface area contributed by atoms with E-state index in [0.717, 1.165) is 0 Å². The van der Waals surface area contributed by atoms with Crippen molar-refractivity contribution in [2.45, 2.75) is 22.1 Å². The minimum Gasteiger partial charge on any atom is -0.481 e. The molecule has 0 radical (unpaired) electrons. The standard InChI is InChI=1S/C6H9Br2NO2/c7-3-1-2(6(10)11)4(8)5(3)9/h2-5H,1,9H2,(H,10,11). The van der Waals surface area contributed by atoms with Gasteiger partial charge in [0.25, 0.3) is 0 Å². The van der Waals surface area contributed by atoms with Gasteiger partial charge in [-0.3, -0.25) is 4.79 Å². The normalized spacial score (nSPS) is 44.3. The van der Waals surface area contributed by atoms with Crippen molar-refractivity contribution in [2.75, 3.05) is 0 Å². The second-order valence-electron chi connectivity index (χ2n) is 2.72. The Hall–Kier alpha value is 0.390. The number of carbonyl (C=O) groups is 1. The van der Waals surface area contributed by atoms with Crippen LogP contribution in [0, 0.1) is 5.92 Å². The summed E-state index contributed by atoms with van der Waals surface area (Å²) >= 11 is 6.61. The fourth-order valence-corrected chi connectivity index (χ4v) is 3.19. The van der Waals surface area contributed by atoms with Crippen LogP contribution >= 0.6 is 31.9 Å². The van der Waals surface area contributed by atoms with E-state index in [9.17, 15) is 4.79 Å². The molecule has 0 bridgehead atoms. The molecule has 5 heteroatoms. The number of alkyl halides is 2. The first-order chi connectivity index (χ1) is 5.04. The summed E-state index contributed by atoms with van der Waals surface area (Å²) < 4.78 is 0. The minimum atomic E-state index is -0.774. The molecule has 0 heterocycles. The van der Waals surface area contributed by atoms with Gasteiger partial charge in [0.2, 0.25) is 0 Å². The average molecular weight is 287 g/mol. The molecule has 0 amide bonds. The number of carboxylic acids is 1. The quantitative estimate of drug-likeness (QED) is 0.706. The number of nitrogens with two attached hydrogens (primary N) is 1. The molecule has 11 heavy (non-hydrogen) atoms. The summed E-state index contributed by atoms with van der Waals surface area (Å²) in [6.07, 6.45) is 0.604. The molecule has 0 aliphatic heterocycles. The van der Waals surface area contributed by atoms with E-state index in [2.05, 4.69) is 31.9 Å². The third kappa shape index (κ3) is 1.76. The number of halogens is 2. The number of hydrogen-bond acceptors (Lipinski definition) is 2. The fraction of sp³-hybridized carbons (Fsp3) is 0.833. The number of rotatable bonds is 1. The van der Waals surface area contributed by atoms with Crippen molar-refractivity contribution in [3.63, 3.8) is 0 Å². The van der Waals surface area contributed by atoms with Gasteiger partial charge < -0.3 is 10.8 Å². The third-order valence-corrected chi connectivity index (χ3v) is 4.20. The lowest BCUT2D eigenvalue weighted by Gasteiger charge is -2.12.